The molecule has 0 spiro atoms. The first-order valence-electron chi connectivity index (χ1n) is 12.6. The van der Waals surface area contributed by atoms with E-state index >= 15 is 0 Å². The fourth-order valence-corrected chi connectivity index (χ4v) is 5.56. The van der Waals surface area contributed by atoms with Gasteiger partial charge in [-0.1, -0.05) is 25.5 Å². The SMILES string of the molecule is CCC[C@]1(C(=O)OCC)N[C@H](c2ccc(N(C)C)cc2)[C@H]2C(=O)N(c3ccc(OCC)cc3)C(=O)[C@H]21. The van der Waals surface area contributed by atoms with Crippen LogP contribution in [0.1, 0.15) is 45.2 Å². The van der Waals surface area contributed by atoms with Crippen molar-refractivity contribution in [2.24, 2.45) is 11.8 Å². The van der Waals surface area contributed by atoms with Crippen molar-refractivity contribution in [3.63, 3.8) is 0 Å². The second kappa shape index (κ2) is 10.3. The van der Waals surface area contributed by atoms with Crippen LogP contribution in [0.15, 0.2) is 48.5 Å². The number of fused-ring (bicyclic) bond motifs is 1. The fraction of sp³-hybridized carbons (Fsp3) is 0.464. The molecule has 8 heteroatoms. The average Bonchev–Trinajstić information content (AvgIpc) is 3.34. The number of esters is 1. The van der Waals surface area contributed by atoms with Crippen LogP contribution in [0.25, 0.3) is 0 Å². The molecule has 2 aromatic carbocycles. The van der Waals surface area contributed by atoms with Gasteiger partial charge in [0.1, 0.15) is 11.3 Å². The standard InChI is InChI=1S/C28H35N3O5/c1-6-17-28(27(34)36-8-3)23-22(24(29-28)18-9-11-19(12-10-18)30(4)5)25(32)31(26(23)33)20-13-15-21(16-14-20)35-7-2/h9-16,22-24,29H,6-8,17H2,1-5H3/t22-,23-,24+,28-/m0/s1. The molecule has 2 amide bonds. The molecule has 2 saturated heterocycles. The maximum atomic E-state index is 13.9. The van der Waals surface area contributed by atoms with E-state index in [4.69, 9.17) is 9.47 Å². The molecule has 0 aromatic heterocycles. The van der Waals surface area contributed by atoms with Gasteiger partial charge in [0, 0.05) is 25.8 Å². The summed E-state index contributed by atoms with van der Waals surface area (Å²) in [4.78, 5) is 44.5. The van der Waals surface area contributed by atoms with Gasteiger partial charge < -0.3 is 14.4 Å². The van der Waals surface area contributed by atoms with Gasteiger partial charge in [-0.15, -0.1) is 0 Å². The number of nitrogens with zero attached hydrogens (tertiary/aromatic N) is 2. The zero-order chi connectivity index (χ0) is 26.0. The molecule has 2 aliphatic heterocycles. The number of nitrogens with one attached hydrogen (secondary N) is 1. The lowest BCUT2D eigenvalue weighted by atomic mass is 9.77. The number of amides is 2. The minimum atomic E-state index is -1.28. The van der Waals surface area contributed by atoms with E-state index in [1.807, 2.05) is 57.1 Å². The Morgan fingerprint density at radius 2 is 1.64 bits per heavy atom. The van der Waals surface area contributed by atoms with Crippen molar-refractivity contribution in [2.75, 3.05) is 37.1 Å². The Kier molecular flexibility index (Phi) is 7.36. The highest BCUT2D eigenvalue weighted by Crippen LogP contribution is 2.51. The van der Waals surface area contributed by atoms with Gasteiger partial charge in [0.25, 0.3) is 0 Å². The predicted molar refractivity (Wildman–Crippen MR) is 138 cm³/mol. The highest BCUT2D eigenvalue weighted by molar-refractivity contribution is 6.24. The quantitative estimate of drug-likeness (QED) is 0.421. The average molecular weight is 494 g/mol. The Bertz CT molecular complexity index is 1120. The highest BCUT2D eigenvalue weighted by Gasteiger charge is 2.68. The molecule has 0 bridgehead atoms. The number of imide groups is 1. The number of carbonyl (C=O) groups excluding carboxylic acids is 3. The molecule has 1 N–H and O–H groups in total. The summed E-state index contributed by atoms with van der Waals surface area (Å²) in [7, 11) is 3.92. The van der Waals surface area contributed by atoms with E-state index in [2.05, 4.69) is 5.32 Å². The topological polar surface area (TPSA) is 88.2 Å². The normalized spacial score (nSPS) is 25.1. The van der Waals surface area contributed by atoms with E-state index in [1.54, 1.807) is 31.2 Å². The first kappa shape index (κ1) is 25.7. The summed E-state index contributed by atoms with van der Waals surface area (Å²) in [5.74, 6) is -2.11. The van der Waals surface area contributed by atoms with E-state index in [0.29, 0.717) is 30.9 Å². The van der Waals surface area contributed by atoms with E-state index < -0.39 is 29.4 Å². The van der Waals surface area contributed by atoms with Gasteiger partial charge in [-0.05, 0) is 62.2 Å². The minimum Gasteiger partial charge on any atom is -0.494 e. The molecule has 0 radical (unpaired) electrons. The largest absolute Gasteiger partial charge is 0.494 e. The summed E-state index contributed by atoms with van der Waals surface area (Å²) in [6.45, 7) is 6.31. The van der Waals surface area contributed by atoms with Crippen molar-refractivity contribution in [1.29, 1.82) is 0 Å². The van der Waals surface area contributed by atoms with Gasteiger partial charge in [-0.25, -0.2) is 4.90 Å². The molecule has 2 aromatic rings. The van der Waals surface area contributed by atoms with Crippen molar-refractivity contribution in [3.05, 3.63) is 54.1 Å². The molecule has 2 aliphatic rings. The van der Waals surface area contributed by atoms with Crippen LogP contribution in [0.3, 0.4) is 0 Å². The first-order valence-corrected chi connectivity index (χ1v) is 12.6. The Balaban J connectivity index is 1.80. The lowest BCUT2D eigenvalue weighted by Gasteiger charge is -2.32. The van der Waals surface area contributed by atoms with Crippen molar-refractivity contribution >= 4 is 29.2 Å². The second-order valence-corrected chi connectivity index (χ2v) is 9.49. The van der Waals surface area contributed by atoms with Crippen LogP contribution < -0.4 is 19.9 Å². The first-order chi connectivity index (χ1) is 17.3. The number of benzene rings is 2. The van der Waals surface area contributed by atoms with Crippen LogP contribution in [0.4, 0.5) is 11.4 Å². The third kappa shape index (κ3) is 4.23. The van der Waals surface area contributed by atoms with Gasteiger partial charge in [0.2, 0.25) is 11.8 Å². The predicted octanol–water partition coefficient (Wildman–Crippen LogP) is 3.70. The monoisotopic (exact) mass is 493 g/mol. The molecule has 8 nitrogen and oxygen atoms in total. The summed E-state index contributed by atoms with van der Waals surface area (Å²) >= 11 is 0. The Hall–Kier alpha value is -3.39. The third-order valence-electron chi connectivity index (χ3n) is 7.11. The number of anilines is 2. The molecule has 2 heterocycles. The Morgan fingerprint density at radius 3 is 2.19 bits per heavy atom. The molecule has 0 saturated carbocycles. The summed E-state index contributed by atoms with van der Waals surface area (Å²) < 4.78 is 11.0. The lowest BCUT2D eigenvalue weighted by molar-refractivity contribution is -0.155. The number of rotatable bonds is 9. The van der Waals surface area contributed by atoms with Crippen LogP contribution in [-0.4, -0.2) is 50.6 Å². The van der Waals surface area contributed by atoms with Crippen LogP contribution in [0, 0.1) is 11.8 Å². The number of hydrogen-bond acceptors (Lipinski definition) is 7. The minimum absolute atomic E-state index is 0.191. The van der Waals surface area contributed by atoms with Crippen molar-refractivity contribution < 1.29 is 23.9 Å². The second-order valence-electron chi connectivity index (χ2n) is 9.49. The fourth-order valence-electron chi connectivity index (χ4n) is 5.56. The number of carbonyl (C=O) groups is 3. The van der Waals surface area contributed by atoms with Gasteiger partial charge in [-0.3, -0.25) is 19.7 Å². The molecule has 4 rings (SSSR count). The molecule has 2 fully saturated rings. The number of ether oxygens (including phenoxy) is 2. The van der Waals surface area contributed by atoms with Gasteiger partial charge in [0.05, 0.1) is 30.7 Å². The lowest BCUT2D eigenvalue weighted by Crippen LogP contribution is -2.56. The van der Waals surface area contributed by atoms with E-state index in [-0.39, 0.29) is 18.4 Å². The molecule has 192 valence electrons. The molecule has 0 unspecified atom stereocenters. The Morgan fingerprint density at radius 1 is 0.972 bits per heavy atom. The maximum Gasteiger partial charge on any atom is 0.327 e. The van der Waals surface area contributed by atoms with Crippen LogP contribution in [0.2, 0.25) is 0 Å². The van der Waals surface area contributed by atoms with Gasteiger partial charge >= 0.3 is 5.97 Å². The molecule has 0 aliphatic carbocycles. The van der Waals surface area contributed by atoms with Crippen molar-refractivity contribution in [1.82, 2.24) is 5.32 Å². The zero-order valence-electron chi connectivity index (χ0n) is 21.6. The third-order valence-corrected chi connectivity index (χ3v) is 7.11. The van der Waals surface area contributed by atoms with E-state index in [1.165, 1.54) is 4.90 Å². The van der Waals surface area contributed by atoms with Gasteiger partial charge in [-0.2, -0.15) is 0 Å². The van der Waals surface area contributed by atoms with Crippen molar-refractivity contribution in [3.8, 4) is 5.75 Å². The van der Waals surface area contributed by atoms with E-state index in [0.717, 1.165) is 11.3 Å². The summed E-state index contributed by atoms with van der Waals surface area (Å²) in [5, 5.41) is 3.44. The Labute approximate surface area is 212 Å². The van der Waals surface area contributed by atoms with Crippen LogP contribution >= 0.6 is 0 Å². The van der Waals surface area contributed by atoms with E-state index in [9.17, 15) is 14.4 Å². The molecule has 36 heavy (non-hydrogen) atoms. The molecule has 4 atom stereocenters. The summed E-state index contributed by atoms with van der Waals surface area (Å²) in [5.41, 5.74) is 1.06. The molecular weight excluding hydrogens is 458 g/mol. The smallest absolute Gasteiger partial charge is 0.327 e. The number of hydrogen-bond donors (Lipinski definition) is 1. The highest BCUT2D eigenvalue weighted by atomic mass is 16.5. The molecular formula is C28H35N3O5. The van der Waals surface area contributed by atoms with Crippen LogP contribution in [0.5, 0.6) is 5.75 Å². The van der Waals surface area contributed by atoms with Crippen molar-refractivity contribution in [2.45, 2.75) is 45.2 Å². The maximum absolute atomic E-state index is 13.9. The van der Waals surface area contributed by atoms with Crippen LogP contribution in [-0.2, 0) is 19.1 Å². The zero-order valence-corrected chi connectivity index (χ0v) is 21.6. The summed E-state index contributed by atoms with van der Waals surface area (Å²) in [6.07, 6.45) is 1.03. The summed E-state index contributed by atoms with van der Waals surface area (Å²) in [6, 6.07) is 14.3. The van der Waals surface area contributed by atoms with Gasteiger partial charge in [0.15, 0.2) is 0 Å².